The zero-order valence-electron chi connectivity index (χ0n) is 6.62. The van der Waals surface area contributed by atoms with Crippen LogP contribution in [0.15, 0.2) is 12.1 Å². The number of rotatable bonds is 1. The summed E-state index contributed by atoms with van der Waals surface area (Å²) in [5.74, 6) is 0. The highest BCUT2D eigenvalue weighted by molar-refractivity contribution is 9.08. The fraction of sp³-hybridized carbons (Fsp3) is 0.333. The molecule has 1 rings (SSSR count). The molecule has 0 aromatic heterocycles. The Morgan fingerprint density at radius 3 is 2.45 bits per heavy atom. The predicted octanol–water partition coefficient (Wildman–Crippen LogP) is 3.85. The van der Waals surface area contributed by atoms with Crippen LogP contribution >= 0.6 is 27.5 Å². The van der Waals surface area contributed by atoms with Crippen molar-refractivity contribution in [3.05, 3.63) is 33.8 Å². The van der Waals surface area contributed by atoms with Gasteiger partial charge in [-0.05, 0) is 36.6 Å². The average molecular weight is 234 g/mol. The van der Waals surface area contributed by atoms with Gasteiger partial charge < -0.3 is 0 Å². The SMILES string of the molecule is Cc1cc(CBr)cc(Cl)c1C. The van der Waals surface area contributed by atoms with E-state index in [0.29, 0.717) is 0 Å². The normalized spacial score (nSPS) is 10.2. The van der Waals surface area contributed by atoms with Crippen LogP contribution in [0, 0.1) is 13.8 Å². The summed E-state index contributed by atoms with van der Waals surface area (Å²) in [5, 5.41) is 1.73. The largest absolute Gasteiger partial charge is 0.0876 e. The minimum absolute atomic E-state index is 0.861. The van der Waals surface area contributed by atoms with Crippen molar-refractivity contribution < 1.29 is 0 Å². The maximum atomic E-state index is 5.98. The first-order valence-electron chi connectivity index (χ1n) is 3.46. The van der Waals surface area contributed by atoms with Gasteiger partial charge in [0.15, 0.2) is 0 Å². The first-order valence-corrected chi connectivity index (χ1v) is 4.96. The van der Waals surface area contributed by atoms with E-state index in [-0.39, 0.29) is 0 Å². The zero-order valence-corrected chi connectivity index (χ0v) is 8.96. The molecular weight excluding hydrogens is 223 g/mol. The third kappa shape index (κ3) is 1.97. The molecule has 11 heavy (non-hydrogen) atoms. The molecule has 1 aromatic carbocycles. The van der Waals surface area contributed by atoms with E-state index in [0.717, 1.165) is 10.4 Å². The van der Waals surface area contributed by atoms with Crippen molar-refractivity contribution in [1.82, 2.24) is 0 Å². The van der Waals surface area contributed by atoms with Crippen molar-refractivity contribution in [1.29, 1.82) is 0 Å². The van der Waals surface area contributed by atoms with E-state index in [9.17, 15) is 0 Å². The van der Waals surface area contributed by atoms with Gasteiger partial charge in [0.05, 0.1) is 0 Å². The second-order valence-corrected chi connectivity index (χ2v) is 3.62. The monoisotopic (exact) mass is 232 g/mol. The molecule has 0 fully saturated rings. The Labute approximate surface area is 80.7 Å². The van der Waals surface area contributed by atoms with Gasteiger partial charge in [-0.1, -0.05) is 33.6 Å². The van der Waals surface area contributed by atoms with E-state index >= 15 is 0 Å². The molecule has 0 saturated heterocycles. The Morgan fingerprint density at radius 2 is 2.00 bits per heavy atom. The van der Waals surface area contributed by atoms with Gasteiger partial charge in [0, 0.05) is 10.4 Å². The van der Waals surface area contributed by atoms with Crippen molar-refractivity contribution in [3.8, 4) is 0 Å². The Morgan fingerprint density at radius 1 is 1.36 bits per heavy atom. The molecule has 0 aliphatic heterocycles. The van der Waals surface area contributed by atoms with Gasteiger partial charge in [-0.2, -0.15) is 0 Å². The highest BCUT2D eigenvalue weighted by Gasteiger charge is 2.00. The third-order valence-electron chi connectivity index (χ3n) is 1.82. The molecule has 0 saturated carbocycles. The molecule has 0 atom stereocenters. The fourth-order valence-electron chi connectivity index (χ4n) is 0.965. The van der Waals surface area contributed by atoms with Gasteiger partial charge in [-0.25, -0.2) is 0 Å². The summed E-state index contributed by atoms with van der Waals surface area (Å²) in [6.07, 6.45) is 0. The van der Waals surface area contributed by atoms with E-state index in [1.165, 1.54) is 16.7 Å². The maximum absolute atomic E-state index is 5.98. The molecule has 0 heterocycles. The number of alkyl halides is 1. The predicted molar refractivity (Wildman–Crippen MR) is 53.6 cm³/mol. The summed E-state index contributed by atoms with van der Waals surface area (Å²) in [6.45, 7) is 4.11. The van der Waals surface area contributed by atoms with Crippen LogP contribution in [-0.4, -0.2) is 0 Å². The first kappa shape index (κ1) is 9.08. The highest BCUT2D eigenvalue weighted by Crippen LogP contribution is 2.21. The number of halogens is 2. The van der Waals surface area contributed by atoms with Crippen molar-refractivity contribution in [2.45, 2.75) is 19.2 Å². The molecule has 0 unspecified atom stereocenters. The molecular formula is C9H10BrCl. The van der Waals surface area contributed by atoms with Crippen molar-refractivity contribution in [2.75, 3.05) is 0 Å². The number of hydrogen-bond donors (Lipinski definition) is 0. The Bertz CT molecular complexity index is 245. The van der Waals surface area contributed by atoms with Crippen LogP contribution in [-0.2, 0) is 5.33 Å². The summed E-state index contributed by atoms with van der Waals surface area (Å²) in [6, 6.07) is 4.15. The van der Waals surface area contributed by atoms with Gasteiger partial charge in [0.25, 0.3) is 0 Å². The van der Waals surface area contributed by atoms with E-state index < -0.39 is 0 Å². The fourth-order valence-corrected chi connectivity index (χ4v) is 1.58. The topological polar surface area (TPSA) is 0 Å². The quantitative estimate of drug-likeness (QED) is 0.646. The zero-order chi connectivity index (χ0) is 8.43. The standard InChI is InChI=1S/C9H10BrCl/c1-6-3-8(5-10)4-9(11)7(6)2/h3-4H,5H2,1-2H3. The van der Waals surface area contributed by atoms with Gasteiger partial charge in [-0.3, -0.25) is 0 Å². The van der Waals surface area contributed by atoms with Gasteiger partial charge in [0.2, 0.25) is 0 Å². The van der Waals surface area contributed by atoms with Crippen LogP contribution in [0.25, 0.3) is 0 Å². The molecule has 0 radical (unpaired) electrons. The molecule has 0 aliphatic carbocycles. The maximum Gasteiger partial charge on any atom is 0.0440 e. The molecule has 60 valence electrons. The van der Waals surface area contributed by atoms with Gasteiger partial charge >= 0.3 is 0 Å². The number of aryl methyl sites for hydroxylation is 1. The highest BCUT2D eigenvalue weighted by atomic mass is 79.9. The van der Waals surface area contributed by atoms with Crippen LogP contribution < -0.4 is 0 Å². The molecule has 2 heteroatoms. The molecule has 0 amide bonds. The second-order valence-electron chi connectivity index (χ2n) is 2.65. The molecule has 0 aliphatic rings. The van der Waals surface area contributed by atoms with Crippen LogP contribution in [0.5, 0.6) is 0 Å². The molecule has 0 N–H and O–H groups in total. The average Bonchev–Trinajstić information content (AvgIpc) is 1.99. The van der Waals surface area contributed by atoms with E-state index in [1.807, 2.05) is 13.0 Å². The van der Waals surface area contributed by atoms with Crippen LogP contribution in [0.1, 0.15) is 16.7 Å². The molecule has 0 spiro atoms. The Balaban J connectivity index is 3.21. The minimum atomic E-state index is 0.861. The van der Waals surface area contributed by atoms with Gasteiger partial charge in [-0.15, -0.1) is 0 Å². The third-order valence-corrected chi connectivity index (χ3v) is 2.86. The lowest BCUT2D eigenvalue weighted by Crippen LogP contribution is -1.85. The molecule has 1 aromatic rings. The summed E-state index contributed by atoms with van der Waals surface area (Å²) in [5.41, 5.74) is 3.67. The summed E-state index contributed by atoms with van der Waals surface area (Å²) >= 11 is 9.37. The number of hydrogen-bond acceptors (Lipinski definition) is 0. The smallest absolute Gasteiger partial charge is 0.0440 e. The van der Waals surface area contributed by atoms with Crippen LogP contribution in [0.4, 0.5) is 0 Å². The molecule has 0 nitrogen and oxygen atoms in total. The number of benzene rings is 1. The van der Waals surface area contributed by atoms with E-state index in [1.54, 1.807) is 0 Å². The van der Waals surface area contributed by atoms with E-state index in [2.05, 4.69) is 28.9 Å². The van der Waals surface area contributed by atoms with Crippen molar-refractivity contribution in [3.63, 3.8) is 0 Å². The first-order chi connectivity index (χ1) is 5.15. The summed E-state index contributed by atoms with van der Waals surface area (Å²) in [7, 11) is 0. The van der Waals surface area contributed by atoms with Crippen molar-refractivity contribution >= 4 is 27.5 Å². The van der Waals surface area contributed by atoms with Crippen LogP contribution in [0.2, 0.25) is 5.02 Å². The minimum Gasteiger partial charge on any atom is -0.0876 e. The van der Waals surface area contributed by atoms with Gasteiger partial charge in [0.1, 0.15) is 0 Å². The Kier molecular flexibility index (Phi) is 2.97. The summed E-state index contributed by atoms with van der Waals surface area (Å²) in [4.78, 5) is 0. The summed E-state index contributed by atoms with van der Waals surface area (Å²) < 4.78 is 0. The lowest BCUT2D eigenvalue weighted by atomic mass is 10.1. The lowest BCUT2D eigenvalue weighted by molar-refractivity contribution is 1.29. The Hall–Kier alpha value is -0.0100. The van der Waals surface area contributed by atoms with Crippen LogP contribution in [0.3, 0.4) is 0 Å². The van der Waals surface area contributed by atoms with E-state index in [4.69, 9.17) is 11.6 Å². The molecule has 0 bridgehead atoms. The second kappa shape index (κ2) is 3.59. The lowest BCUT2D eigenvalue weighted by Gasteiger charge is -2.04. The van der Waals surface area contributed by atoms with Crippen molar-refractivity contribution in [2.24, 2.45) is 0 Å².